The third-order valence-corrected chi connectivity index (χ3v) is 5.69. The number of carbonyl (C=O) groups is 1. The van der Waals surface area contributed by atoms with Crippen LogP contribution in [-0.4, -0.2) is 16.1 Å². The summed E-state index contributed by atoms with van der Waals surface area (Å²) in [5, 5.41) is 9.46. The SMILES string of the molecule is Cc1ccc(OCc2ccc(F)cc2F)c(C2=C(c3ccc(C)c(C(=O)O)n3)CCC2)c1. The van der Waals surface area contributed by atoms with E-state index in [1.807, 2.05) is 31.2 Å². The predicted octanol–water partition coefficient (Wildman–Crippen LogP) is 6.35. The lowest BCUT2D eigenvalue weighted by molar-refractivity contribution is 0.0689. The lowest BCUT2D eigenvalue weighted by atomic mass is 9.97. The third-order valence-electron chi connectivity index (χ3n) is 5.69. The van der Waals surface area contributed by atoms with Gasteiger partial charge in [0, 0.05) is 17.2 Å². The molecule has 0 spiro atoms. The monoisotopic (exact) mass is 435 g/mol. The molecular weight excluding hydrogens is 412 g/mol. The Hall–Kier alpha value is -3.54. The zero-order chi connectivity index (χ0) is 22.8. The number of ether oxygens (including phenoxy) is 1. The molecule has 3 aromatic rings. The number of aryl methyl sites for hydroxylation is 2. The van der Waals surface area contributed by atoms with E-state index in [-0.39, 0.29) is 17.9 Å². The minimum atomic E-state index is -1.05. The summed E-state index contributed by atoms with van der Waals surface area (Å²) < 4.78 is 33.2. The van der Waals surface area contributed by atoms with Crippen molar-refractivity contribution in [2.24, 2.45) is 0 Å². The Bertz CT molecular complexity index is 1230. The zero-order valence-corrected chi connectivity index (χ0v) is 17.9. The highest BCUT2D eigenvalue weighted by Gasteiger charge is 2.23. The van der Waals surface area contributed by atoms with Gasteiger partial charge in [0.15, 0.2) is 5.69 Å². The topological polar surface area (TPSA) is 59.4 Å². The highest BCUT2D eigenvalue weighted by molar-refractivity contribution is 5.95. The number of rotatable bonds is 6. The van der Waals surface area contributed by atoms with E-state index >= 15 is 0 Å². The number of allylic oxidation sites excluding steroid dienone is 2. The molecule has 0 unspecified atom stereocenters. The first kappa shape index (κ1) is 21.7. The number of pyridine rings is 1. The standard InChI is InChI=1S/C26H23F2NO3/c1-15-6-11-24(32-14-17-8-9-18(27)13-22(17)28)21(12-15)19-4-3-5-20(19)23-10-7-16(2)25(29-23)26(30)31/h6-13H,3-5,14H2,1-2H3,(H,30,31). The van der Waals surface area contributed by atoms with Crippen molar-refractivity contribution in [3.63, 3.8) is 0 Å². The number of aromatic nitrogens is 1. The van der Waals surface area contributed by atoms with Crippen molar-refractivity contribution in [2.45, 2.75) is 39.7 Å². The van der Waals surface area contributed by atoms with Crippen molar-refractivity contribution in [2.75, 3.05) is 0 Å². The van der Waals surface area contributed by atoms with E-state index in [9.17, 15) is 18.7 Å². The summed E-state index contributed by atoms with van der Waals surface area (Å²) in [7, 11) is 0. The third kappa shape index (κ3) is 4.40. The molecule has 32 heavy (non-hydrogen) atoms. The van der Waals surface area contributed by atoms with E-state index in [1.165, 1.54) is 12.1 Å². The van der Waals surface area contributed by atoms with Crippen LogP contribution in [0, 0.1) is 25.5 Å². The molecule has 0 aliphatic heterocycles. The van der Waals surface area contributed by atoms with Crippen LogP contribution in [-0.2, 0) is 6.61 Å². The first-order valence-electron chi connectivity index (χ1n) is 10.4. The van der Waals surface area contributed by atoms with Gasteiger partial charge in [0.05, 0.1) is 5.69 Å². The van der Waals surface area contributed by atoms with Crippen molar-refractivity contribution in [1.82, 2.24) is 4.98 Å². The van der Waals surface area contributed by atoms with E-state index < -0.39 is 17.6 Å². The van der Waals surface area contributed by atoms with Crippen LogP contribution in [0.3, 0.4) is 0 Å². The molecule has 164 valence electrons. The molecule has 1 aromatic heterocycles. The number of carboxylic acid groups (broad SMARTS) is 1. The summed E-state index contributed by atoms with van der Waals surface area (Å²) in [4.78, 5) is 16.0. The van der Waals surface area contributed by atoms with Gasteiger partial charge in [0.1, 0.15) is 24.0 Å². The largest absolute Gasteiger partial charge is 0.488 e. The fourth-order valence-electron chi connectivity index (χ4n) is 4.04. The quantitative estimate of drug-likeness (QED) is 0.490. The van der Waals surface area contributed by atoms with Crippen LogP contribution in [0.5, 0.6) is 5.75 Å². The molecule has 6 heteroatoms. The van der Waals surface area contributed by atoms with Gasteiger partial charge in [0.25, 0.3) is 0 Å². The summed E-state index contributed by atoms with van der Waals surface area (Å²) in [6, 6.07) is 12.8. The van der Waals surface area contributed by atoms with Crippen molar-refractivity contribution >= 4 is 17.1 Å². The van der Waals surface area contributed by atoms with Crippen molar-refractivity contribution < 1.29 is 23.4 Å². The van der Waals surface area contributed by atoms with Gasteiger partial charge in [-0.25, -0.2) is 18.6 Å². The molecule has 2 aromatic carbocycles. The molecule has 4 nitrogen and oxygen atoms in total. The van der Waals surface area contributed by atoms with Crippen LogP contribution in [0.25, 0.3) is 11.1 Å². The van der Waals surface area contributed by atoms with Crippen molar-refractivity contribution in [3.05, 3.63) is 93.8 Å². The number of nitrogens with zero attached hydrogens (tertiary/aromatic N) is 1. The van der Waals surface area contributed by atoms with E-state index in [1.54, 1.807) is 13.0 Å². The molecule has 1 aliphatic rings. The summed E-state index contributed by atoms with van der Waals surface area (Å²) >= 11 is 0. The first-order valence-corrected chi connectivity index (χ1v) is 10.4. The highest BCUT2D eigenvalue weighted by Crippen LogP contribution is 2.43. The smallest absolute Gasteiger partial charge is 0.354 e. The molecule has 0 amide bonds. The second kappa shape index (κ2) is 8.91. The number of benzene rings is 2. The van der Waals surface area contributed by atoms with Gasteiger partial charge in [-0.2, -0.15) is 0 Å². The number of halogens is 2. The molecule has 0 saturated carbocycles. The predicted molar refractivity (Wildman–Crippen MR) is 118 cm³/mol. The Morgan fingerprint density at radius 3 is 2.56 bits per heavy atom. The molecule has 0 bridgehead atoms. The Kier molecular flexibility index (Phi) is 6.04. The molecule has 0 saturated heterocycles. The Morgan fingerprint density at radius 2 is 1.81 bits per heavy atom. The van der Waals surface area contributed by atoms with Crippen LogP contribution >= 0.6 is 0 Å². The van der Waals surface area contributed by atoms with Crippen LogP contribution in [0.1, 0.15) is 57.7 Å². The maximum absolute atomic E-state index is 14.1. The molecule has 0 radical (unpaired) electrons. The molecule has 1 N–H and O–H groups in total. The first-order chi connectivity index (χ1) is 15.3. The summed E-state index contributed by atoms with van der Waals surface area (Å²) in [6.45, 7) is 3.68. The van der Waals surface area contributed by atoms with Crippen LogP contribution in [0.2, 0.25) is 0 Å². The second-order valence-corrected chi connectivity index (χ2v) is 8.00. The molecule has 1 aliphatic carbocycles. The van der Waals surface area contributed by atoms with Gasteiger partial charge in [0.2, 0.25) is 0 Å². The Morgan fingerprint density at radius 1 is 1.03 bits per heavy atom. The Labute approximate surface area is 185 Å². The van der Waals surface area contributed by atoms with Gasteiger partial charge in [-0.1, -0.05) is 17.7 Å². The van der Waals surface area contributed by atoms with Gasteiger partial charge in [-0.15, -0.1) is 0 Å². The highest BCUT2D eigenvalue weighted by atomic mass is 19.1. The minimum Gasteiger partial charge on any atom is -0.488 e. The van der Waals surface area contributed by atoms with E-state index in [4.69, 9.17) is 4.74 Å². The van der Waals surface area contributed by atoms with Crippen LogP contribution in [0.4, 0.5) is 8.78 Å². The average molecular weight is 435 g/mol. The molecule has 0 fully saturated rings. The fourth-order valence-corrected chi connectivity index (χ4v) is 4.04. The van der Waals surface area contributed by atoms with Crippen LogP contribution in [0.15, 0.2) is 48.5 Å². The molecular formula is C26H23F2NO3. The van der Waals surface area contributed by atoms with E-state index in [2.05, 4.69) is 4.98 Å². The number of carboxylic acids is 1. The second-order valence-electron chi connectivity index (χ2n) is 8.00. The minimum absolute atomic E-state index is 0.0310. The maximum Gasteiger partial charge on any atom is 0.354 e. The summed E-state index contributed by atoms with van der Waals surface area (Å²) in [5.74, 6) is -1.73. The number of hydrogen-bond acceptors (Lipinski definition) is 3. The van der Waals surface area contributed by atoms with E-state index in [0.29, 0.717) is 17.0 Å². The van der Waals surface area contributed by atoms with Gasteiger partial charge < -0.3 is 9.84 Å². The lowest BCUT2D eigenvalue weighted by Crippen LogP contribution is -2.06. The molecule has 0 atom stereocenters. The maximum atomic E-state index is 14.1. The summed E-state index contributed by atoms with van der Waals surface area (Å²) in [6.07, 6.45) is 2.51. The van der Waals surface area contributed by atoms with Gasteiger partial charge in [-0.05, 0) is 80.2 Å². The van der Waals surface area contributed by atoms with Crippen molar-refractivity contribution in [1.29, 1.82) is 0 Å². The average Bonchev–Trinajstić information content (AvgIpc) is 3.23. The molecule has 4 rings (SSSR count). The summed E-state index contributed by atoms with van der Waals surface area (Å²) in [5.41, 5.74) is 5.56. The number of hydrogen-bond donors (Lipinski definition) is 1. The van der Waals surface area contributed by atoms with E-state index in [0.717, 1.165) is 47.6 Å². The lowest BCUT2D eigenvalue weighted by Gasteiger charge is -2.16. The van der Waals surface area contributed by atoms with Crippen LogP contribution < -0.4 is 4.74 Å². The van der Waals surface area contributed by atoms with Gasteiger partial charge >= 0.3 is 5.97 Å². The zero-order valence-electron chi connectivity index (χ0n) is 17.9. The number of aromatic carboxylic acids is 1. The Balaban J connectivity index is 1.73. The fraction of sp³-hybridized carbons (Fsp3) is 0.231. The normalized spacial score (nSPS) is 13.5. The van der Waals surface area contributed by atoms with Gasteiger partial charge in [-0.3, -0.25) is 0 Å². The van der Waals surface area contributed by atoms with Crippen molar-refractivity contribution in [3.8, 4) is 5.75 Å². The molecule has 1 heterocycles.